The van der Waals surface area contributed by atoms with Gasteiger partial charge in [0, 0.05) is 13.7 Å². The molecule has 0 fully saturated rings. The fourth-order valence-electron chi connectivity index (χ4n) is 1.06. The summed E-state index contributed by atoms with van der Waals surface area (Å²) < 4.78 is 11.2. The predicted octanol–water partition coefficient (Wildman–Crippen LogP) is 4.45. The summed E-state index contributed by atoms with van der Waals surface area (Å²) in [4.78, 5) is 0. The lowest BCUT2D eigenvalue weighted by Gasteiger charge is -2.33. The molecule has 0 amide bonds. The van der Waals surface area contributed by atoms with Crippen molar-refractivity contribution >= 4 is 19.6 Å². The maximum absolute atomic E-state index is 5.93. The Hall–Kier alpha value is 0.700. The number of rotatable bonds is 6. The Morgan fingerprint density at radius 3 is 2.07 bits per heavy atom. The minimum atomic E-state index is -0.799. The van der Waals surface area contributed by atoms with Crippen molar-refractivity contribution in [3.63, 3.8) is 0 Å². The maximum Gasteiger partial charge on any atom is 0.118 e. The molecule has 0 bridgehead atoms. The van der Waals surface area contributed by atoms with Gasteiger partial charge >= 0.3 is 0 Å². The van der Waals surface area contributed by atoms with Crippen molar-refractivity contribution in [2.45, 2.75) is 52.8 Å². The molecule has 2 atom stereocenters. The molecule has 4 heteroatoms. The molecule has 0 radical (unpaired) electrons. The first kappa shape index (κ1) is 15.7. The average Bonchev–Trinajstić information content (AvgIpc) is 2.14. The normalized spacial score (nSPS) is 18.6. The van der Waals surface area contributed by atoms with Crippen LogP contribution in [-0.4, -0.2) is 19.1 Å². The van der Waals surface area contributed by atoms with Crippen molar-refractivity contribution in [3.05, 3.63) is 0 Å². The molecule has 0 spiro atoms. The average molecular weight is 252 g/mol. The van der Waals surface area contributed by atoms with Gasteiger partial charge in [0.25, 0.3) is 0 Å². The van der Waals surface area contributed by atoms with E-state index in [0.29, 0.717) is 5.41 Å². The summed E-state index contributed by atoms with van der Waals surface area (Å²) >= 11 is 4.45. The van der Waals surface area contributed by atoms with Crippen LogP contribution in [0.5, 0.6) is 0 Å². The minimum Gasteiger partial charge on any atom is -0.368 e. The molecule has 0 saturated heterocycles. The van der Waals surface area contributed by atoms with Crippen LogP contribution in [0.2, 0.25) is 0 Å². The Morgan fingerprint density at radius 2 is 1.73 bits per heavy atom. The first-order valence-corrected chi connectivity index (χ1v) is 7.83. The van der Waals surface area contributed by atoms with E-state index >= 15 is 0 Å². The van der Waals surface area contributed by atoms with E-state index in [2.05, 4.69) is 46.9 Å². The van der Waals surface area contributed by atoms with Gasteiger partial charge in [-0.1, -0.05) is 27.7 Å². The number of thiol groups is 1. The molecule has 0 heterocycles. The molecule has 0 saturated carbocycles. The van der Waals surface area contributed by atoms with E-state index in [-0.39, 0.29) is 5.34 Å². The topological polar surface area (TPSA) is 18.5 Å². The highest BCUT2D eigenvalue weighted by Gasteiger charge is 2.32. The second kappa shape index (κ2) is 6.44. The maximum atomic E-state index is 5.93. The Kier molecular flexibility index (Phi) is 6.74. The summed E-state index contributed by atoms with van der Waals surface area (Å²) in [5.41, 5.74) is 0.321. The van der Waals surface area contributed by atoms with Crippen LogP contribution in [0.3, 0.4) is 0 Å². The zero-order valence-corrected chi connectivity index (χ0v) is 12.6. The Balaban J connectivity index is 4.10. The fourth-order valence-corrected chi connectivity index (χ4v) is 2.52. The van der Waals surface area contributed by atoms with E-state index in [1.54, 1.807) is 7.11 Å². The lowest BCUT2D eigenvalue weighted by molar-refractivity contribution is 0.0136. The molecular formula is C11H25O2PS. The molecule has 2 unspecified atom stereocenters. The third-order valence-electron chi connectivity index (χ3n) is 2.50. The van der Waals surface area contributed by atoms with Crippen LogP contribution in [0.25, 0.3) is 0 Å². The second-order valence-corrected chi connectivity index (χ2v) is 8.09. The molecule has 2 nitrogen and oxygen atoms in total. The molecular weight excluding hydrogens is 227 g/mol. The number of ether oxygens (including phenoxy) is 1. The highest BCUT2D eigenvalue weighted by molar-refractivity contribution is 8.44. The lowest BCUT2D eigenvalue weighted by Crippen LogP contribution is -2.26. The highest BCUT2D eigenvalue weighted by Crippen LogP contribution is 2.56. The van der Waals surface area contributed by atoms with Gasteiger partial charge in [0.05, 0.1) is 0 Å². The van der Waals surface area contributed by atoms with Crippen LogP contribution in [0, 0.1) is 5.41 Å². The van der Waals surface area contributed by atoms with E-state index in [0.717, 1.165) is 19.4 Å². The van der Waals surface area contributed by atoms with E-state index in [9.17, 15) is 0 Å². The van der Waals surface area contributed by atoms with E-state index < -0.39 is 7.35 Å². The molecule has 92 valence electrons. The third-order valence-corrected chi connectivity index (χ3v) is 5.86. The standard InChI is InChI=1S/C11H25O2PS/c1-7-11(5,14(15)12-6)13-9-8-10(2,3)4/h15H,7-9H2,1-6H3. The van der Waals surface area contributed by atoms with E-state index in [4.69, 9.17) is 9.26 Å². The van der Waals surface area contributed by atoms with Gasteiger partial charge in [0.2, 0.25) is 0 Å². The Morgan fingerprint density at radius 1 is 1.20 bits per heavy atom. The van der Waals surface area contributed by atoms with Crippen molar-refractivity contribution in [3.8, 4) is 0 Å². The van der Waals surface area contributed by atoms with Crippen molar-refractivity contribution < 1.29 is 9.26 Å². The van der Waals surface area contributed by atoms with Crippen LogP contribution in [-0.2, 0) is 9.26 Å². The lowest BCUT2D eigenvalue weighted by atomic mass is 9.93. The van der Waals surface area contributed by atoms with E-state index in [1.165, 1.54) is 0 Å². The van der Waals surface area contributed by atoms with Crippen molar-refractivity contribution in [1.29, 1.82) is 0 Å². The Bertz CT molecular complexity index is 182. The van der Waals surface area contributed by atoms with Gasteiger partial charge in [-0.25, -0.2) is 0 Å². The largest absolute Gasteiger partial charge is 0.368 e. The van der Waals surface area contributed by atoms with Crippen molar-refractivity contribution in [2.24, 2.45) is 5.41 Å². The molecule has 0 rings (SSSR count). The first-order chi connectivity index (χ1) is 6.75. The third kappa shape index (κ3) is 6.11. The summed E-state index contributed by atoms with van der Waals surface area (Å²) in [5, 5.41) is -0.224. The van der Waals surface area contributed by atoms with Crippen molar-refractivity contribution in [2.75, 3.05) is 13.7 Å². The van der Waals surface area contributed by atoms with Gasteiger partial charge in [-0.15, -0.1) is 12.2 Å². The quantitative estimate of drug-likeness (QED) is 0.556. The minimum absolute atomic E-state index is 0.224. The van der Waals surface area contributed by atoms with Crippen LogP contribution < -0.4 is 0 Å². The summed E-state index contributed by atoms with van der Waals surface area (Å²) in [6, 6.07) is 0. The number of hydrogen-bond acceptors (Lipinski definition) is 3. The summed E-state index contributed by atoms with van der Waals surface area (Å²) in [7, 11) is 0.895. The van der Waals surface area contributed by atoms with Gasteiger partial charge in [0.15, 0.2) is 0 Å². The molecule has 0 N–H and O–H groups in total. The molecule has 15 heavy (non-hydrogen) atoms. The van der Waals surface area contributed by atoms with Crippen LogP contribution >= 0.6 is 19.6 Å². The monoisotopic (exact) mass is 252 g/mol. The van der Waals surface area contributed by atoms with Gasteiger partial charge < -0.3 is 9.26 Å². The predicted molar refractivity (Wildman–Crippen MR) is 71.6 cm³/mol. The summed E-state index contributed by atoms with van der Waals surface area (Å²) in [6.07, 6.45) is 1.99. The highest BCUT2D eigenvalue weighted by atomic mass is 32.7. The molecule has 0 aromatic rings. The van der Waals surface area contributed by atoms with E-state index in [1.807, 2.05) is 0 Å². The molecule has 0 aromatic carbocycles. The SMILES string of the molecule is CCC(C)(OCCC(C)(C)C)P(S)OC. The van der Waals surface area contributed by atoms with Gasteiger partial charge in [-0.2, -0.15) is 0 Å². The van der Waals surface area contributed by atoms with Gasteiger partial charge in [-0.05, 0) is 25.2 Å². The zero-order chi connectivity index (χ0) is 12.1. The van der Waals surface area contributed by atoms with Crippen LogP contribution in [0.15, 0.2) is 0 Å². The second-order valence-electron chi connectivity index (χ2n) is 5.14. The molecule has 0 aliphatic rings. The zero-order valence-electron chi connectivity index (χ0n) is 10.8. The molecule has 0 aromatic heterocycles. The first-order valence-electron chi connectivity index (χ1n) is 5.42. The van der Waals surface area contributed by atoms with Crippen LogP contribution in [0.4, 0.5) is 0 Å². The van der Waals surface area contributed by atoms with Crippen LogP contribution in [0.1, 0.15) is 47.5 Å². The smallest absolute Gasteiger partial charge is 0.118 e. The summed E-state index contributed by atoms with van der Waals surface area (Å²) in [6.45, 7) is 11.6. The Labute approximate surface area is 101 Å². The molecule has 0 aliphatic heterocycles. The van der Waals surface area contributed by atoms with Crippen molar-refractivity contribution in [1.82, 2.24) is 0 Å². The van der Waals surface area contributed by atoms with Gasteiger partial charge in [0.1, 0.15) is 12.7 Å². The summed E-state index contributed by atoms with van der Waals surface area (Å²) in [5.74, 6) is 0. The van der Waals surface area contributed by atoms with Gasteiger partial charge in [-0.3, -0.25) is 0 Å². The number of hydrogen-bond donors (Lipinski definition) is 1. The molecule has 0 aliphatic carbocycles. The fraction of sp³-hybridized carbons (Fsp3) is 1.00.